The average Bonchev–Trinajstić information content (AvgIpc) is 2.40. The second-order valence-corrected chi connectivity index (χ2v) is 3.37. The number of hydrogen-bond acceptors (Lipinski definition) is 4. The molecule has 18 heavy (non-hydrogen) atoms. The molecule has 0 saturated carbocycles. The Labute approximate surface area is 101 Å². The number of aromatic nitrogens is 2. The molecular formula is C12H8F2N2O2. The number of carbonyl (C=O) groups is 1. The topological polar surface area (TPSA) is 52.1 Å². The predicted molar refractivity (Wildman–Crippen MR) is 58.4 cm³/mol. The first kappa shape index (κ1) is 12.1. The molecule has 92 valence electrons. The average molecular weight is 250 g/mol. The Bertz CT molecular complexity index is 602. The van der Waals surface area contributed by atoms with Crippen LogP contribution in [0.1, 0.15) is 16.1 Å². The van der Waals surface area contributed by atoms with Gasteiger partial charge in [-0.1, -0.05) is 0 Å². The second-order valence-electron chi connectivity index (χ2n) is 3.37. The van der Waals surface area contributed by atoms with E-state index >= 15 is 0 Å². The van der Waals surface area contributed by atoms with Crippen LogP contribution in [-0.2, 0) is 0 Å². The lowest BCUT2D eigenvalue weighted by Gasteiger charge is -2.05. The Morgan fingerprint density at radius 2 is 1.94 bits per heavy atom. The van der Waals surface area contributed by atoms with Crippen molar-refractivity contribution in [2.75, 3.05) is 7.11 Å². The van der Waals surface area contributed by atoms with Crippen molar-refractivity contribution < 1.29 is 18.3 Å². The molecule has 2 rings (SSSR count). The van der Waals surface area contributed by atoms with Crippen LogP contribution in [0.3, 0.4) is 0 Å². The Morgan fingerprint density at radius 1 is 1.22 bits per heavy atom. The molecule has 0 fully saturated rings. The van der Waals surface area contributed by atoms with Crippen LogP contribution in [-0.4, -0.2) is 22.9 Å². The van der Waals surface area contributed by atoms with Crippen molar-refractivity contribution in [3.05, 3.63) is 53.5 Å². The third-order valence-corrected chi connectivity index (χ3v) is 2.25. The molecule has 4 nitrogen and oxygen atoms in total. The molecule has 0 atom stereocenters. The highest BCUT2D eigenvalue weighted by atomic mass is 19.1. The van der Waals surface area contributed by atoms with Gasteiger partial charge in [0.05, 0.1) is 12.7 Å². The summed E-state index contributed by atoms with van der Waals surface area (Å²) >= 11 is 0. The molecule has 2 aromatic rings. The van der Waals surface area contributed by atoms with E-state index in [-0.39, 0.29) is 11.6 Å². The summed E-state index contributed by atoms with van der Waals surface area (Å²) in [6.07, 6.45) is 2.60. The fraction of sp³-hybridized carbons (Fsp3) is 0.0833. The van der Waals surface area contributed by atoms with E-state index in [1.807, 2.05) is 0 Å². The van der Waals surface area contributed by atoms with E-state index in [0.717, 1.165) is 18.2 Å². The van der Waals surface area contributed by atoms with Gasteiger partial charge in [-0.25, -0.2) is 18.7 Å². The summed E-state index contributed by atoms with van der Waals surface area (Å²) in [6.45, 7) is 0. The molecule has 0 bridgehead atoms. The van der Waals surface area contributed by atoms with Gasteiger partial charge in [-0.05, 0) is 18.2 Å². The highest BCUT2D eigenvalue weighted by Crippen LogP contribution is 2.18. The van der Waals surface area contributed by atoms with Crippen LogP contribution in [0.25, 0.3) is 0 Å². The fourth-order valence-corrected chi connectivity index (χ4v) is 1.43. The Balaban J connectivity index is 2.51. The van der Waals surface area contributed by atoms with E-state index in [0.29, 0.717) is 0 Å². The Morgan fingerprint density at radius 3 is 2.67 bits per heavy atom. The zero-order valence-corrected chi connectivity index (χ0v) is 9.35. The maximum atomic E-state index is 13.5. The fourth-order valence-electron chi connectivity index (χ4n) is 1.43. The van der Waals surface area contributed by atoms with Crippen molar-refractivity contribution in [2.45, 2.75) is 0 Å². The molecule has 0 aliphatic carbocycles. The zero-order valence-electron chi connectivity index (χ0n) is 9.35. The monoisotopic (exact) mass is 250 g/mol. The van der Waals surface area contributed by atoms with Crippen LogP contribution in [0.5, 0.6) is 5.88 Å². The van der Waals surface area contributed by atoms with Crippen molar-refractivity contribution in [3.63, 3.8) is 0 Å². The summed E-state index contributed by atoms with van der Waals surface area (Å²) in [7, 11) is 1.31. The van der Waals surface area contributed by atoms with E-state index in [4.69, 9.17) is 4.74 Å². The molecule has 0 radical (unpaired) electrons. The van der Waals surface area contributed by atoms with Crippen molar-refractivity contribution in [1.82, 2.24) is 9.97 Å². The van der Waals surface area contributed by atoms with Crippen molar-refractivity contribution in [3.8, 4) is 5.88 Å². The third-order valence-electron chi connectivity index (χ3n) is 2.25. The molecule has 0 N–H and O–H groups in total. The summed E-state index contributed by atoms with van der Waals surface area (Å²) in [4.78, 5) is 19.6. The van der Waals surface area contributed by atoms with Crippen LogP contribution >= 0.6 is 0 Å². The van der Waals surface area contributed by atoms with Gasteiger partial charge in [-0.3, -0.25) is 4.79 Å². The minimum atomic E-state index is -0.825. The van der Waals surface area contributed by atoms with E-state index in [2.05, 4.69) is 9.97 Å². The minimum Gasteiger partial charge on any atom is -0.479 e. The molecular weight excluding hydrogens is 242 g/mol. The number of carbonyl (C=O) groups excluding carboxylic acids is 1. The number of halogens is 2. The number of rotatable bonds is 3. The first-order valence-corrected chi connectivity index (χ1v) is 4.98. The van der Waals surface area contributed by atoms with Gasteiger partial charge >= 0.3 is 0 Å². The summed E-state index contributed by atoms with van der Waals surface area (Å²) in [5.41, 5.74) is -0.571. The minimum absolute atomic E-state index is 0.0360. The standard InChI is InChI=1S/C12H8F2N2O2/c1-18-12-10(15-4-5-16-12)11(17)8-6-7(13)2-3-9(8)14/h2-6H,1H3. The van der Waals surface area contributed by atoms with Crippen molar-refractivity contribution >= 4 is 5.78 Å². The molecule has 1 aromatic carbocycles. The number of benzene rings is 1. The molecule has 0 aliphatic rings. The number of ketones is 1. The zero-order chi connectivity index (χ0) is 13.1. The molecule has 1 aromatic heterocycles. The molecule has 0 unspecified atom stereocenters. The number of methoxy groups -OCH3 is 1. The lowest BCUT2D eigenvalue weighted by molar-refractivity contribution is 0.102. The van der Waals surface area contributed by atoms with Crippen LogP contribution in [0.4, 0.5) is 8.78 Å². The first-order chi connectivity index (χ1) is 8.63. The van der Waals surface area contributed by atoms with Gasteiger partial charge in [-0.2, -0.15) is 0 Å². The molecule has 1 heterocycles. The van der Waals surface area contributed by atoms with Crippen molar-refractivity contribution in [2.24, 2.45) is 0 Å². The SMILES string of the molecule is COc1nccnc1C(=O)c1cc(F)ccc1F. The normalized spacial score (nSPS) is 10.2. The Hall–Kier alpha value is -2.37. The number of nitrogens with zero attached hydrogens (tertiary/aromatic N) is 2. The summed E-state index contributed by atoms with van der Waals surface area (Å²) in [5.74, 6) is -2.35. The molecule has 0 amide bonds. The third kappa shape index (κ3) is 2.17. The molecule has 6 heteroatoms. The predicted octanol–water partition coefficient (Wildman–Crippen LogP) is 1.99. The molecule has 0 saturated heterocycles. The smallest absolute Gasteiger partial charge is 0.243 e. The number of ether oxygens (including phenoxy) is 1. The largest absolute Gasteiger partial charge is 0.479 e. The van der Waals surface area contributed by atoms with Gasteiger partial charge in [0.25, 0.3) is 0 Å². The van der Waals surface area contributed by atoms with Gasteiger partial charge < -0.3 is 4.74 Å². The van der Waals surface area contributed by atoms with E-state index in [9.17, 15) is 13.6 Å². The summed E-state index contributed by atoms with van der Waals surface area (Å²) in [5, 5.41) is 0. The maximum Gasteiger partial charge on any atom is 0.243 e. The van der Waals surface area contributed by atoms with Gasteiger partial charge in [0, 0.05) is 12.4 Å². The first-order valence-electron chi connectivity index (χ1n) is 4.98. The van der Waals surface area contributed by atoms with E-state index < -0.39 is 23.0 Å². The van der Waals surface area contributed by atoms with Crippen molar-refractivity contribution in [1.29, 1.82) is 0 Å². The highest BCUT2D eigenvalue weighted by Gasteiger charge is 2.20. The lowest BCUT2D eigenvalue weighted by Crippen LogP contribution is -2.10. The summed E-state index contributed by atoms with van der Waals surface area (Å²) in [6, 6.07) is 2.62. The quantitative estimate of drug-likeness (QED) is 0.782. The van der Waals surface area contributed by atoms with Crippen LogP contribution in [0.15, 0.2) is 30.6 Å². The maximum absolute atomic E-state index is 13.5. The van der Waals surface area contributed by atoms with Gasteiger partial charge in [0.1, 0.15) is 11.6 Å². The van der Waals surface area contributed by atoms with E-state index in [1.165, 1.54) is 19.5 Å². The number of hydrogen-bond donors (Lipinski definition) is 0. The lowest BCUT2D eigenvalue weighted by atomic mass is 10.1. The Kier molecular flexibility index (Phi) is 3.27. The van der Waals surface area contributed by atoms with Gasteiger partial charge in [0.2, 0.25) is 11.7 Å². The van der Waals surface area contributed by atoms with Gasteiger partial charge in [0.15, 0.2) is 5.69 Å². The van der Waals surface area contributed by atoms with Crippen LogP contribution < -0.4 is 4.74 Å². The van der Waals surface area contributed by atoms with E-state index in [1.54, 1.807) is 0 Å². The molecule has 0 aliphatic heterocycles. The van der Waals surface area contributed by atoms with Crippen LogP contribution in [0.2, 0.25) is 0 Å². The van der Waals surface area contributed by atoms with Gasteiger partial charge in [-0.15, -0.1) is 0 Å². The summed E-state index contributed by atoms with van der Waals surface area (Å²) < 4.78 is 31.3. The van der Waals surface area contributed by atoms with Crippen LogP contribution in [0, 0.1) is 11.6 Å². The highest BCUT2D eigenvalue weighted by molar-refractivity contribution is 6.09. The molecule has 0 spiro atoms. The second kappa shape index (κ2) is 4.87.